The van der Waals surface area contributed by atoms with Gasteiger partial charge in [-0.1, -0.05) is 57.0 Å². The van der Waals surface area contributed by atoms with Gasteiger partial charge in [0.15, 0.2) is 0 Å². The molecule has 4 heteroatoms. The van der Waals surface area contributed by atoms with Gasteiger partial charge in [-0.3, -0.25) is 0 Å². The first-order valence-corrected chi connectivity index (χ1v) is 9.87. The van der Waals surface area contributed by atoms with E-state index in [0.29, 0.717) is 6.04 Å². The van der Waals surface area contributed by atoms with E-state index < -0.39 is 0 Å². The summed E-state index contributed by atoms with van der Waals surface area (Å²) in [6.07, 6.45) is 11.0. The van der Waals surface area contributed by atoms with Crippen molar-refractivity contribution in [2.24, 2.45) is 5.92 Å². The lowest BCUT2D eigenvalue weighted by Crippen LogP contribution is -2.23. The van der Waals surface area contributed by atoms with Crippen LogP contribution in [0.2, 0.25) is 5.02 Å². The van der Waals surface area contributed by atoms with Gasteiger partial charge in [0.25, 0.3) is 0 Å². The molecule has 20 heavy (non-hydrogen) atoms. The Labute approximate surface area is 140 Å². The van der Waals surface area contributed by atoms with Crippen molar-refractivity contribution in [1.82, 2.24) is 5.32 Å². The van der Waals surface area contributed by atoms with E-state index in [0.717, 1.165) is 21.3 Å². The summed E-state index contributed by atoms with van der Waals surface area (Å²) in [7, 11) is 0. The zero-order chi connectivity index (χ0) is 14.4. The summed E-state index contributed by atoms with van der Waals surface area (Å²) < 4.78 is 1.07. The predicted octanol–water partition coefficient (Wildman–Crippen LogP) is 6.57. The number of hydrogen-bond acceptors (Lipinski definition) is 2. The fourth-order valence-corrected chi connectivity index (χ4v) is 4.92. The number of thiophene rings is 1. The van der Waals surface area contributed by atoms with Crippen LogP contribution in [0.5, 0.6) is 0 Å². The molecule has 0 spiro atoms. The molecule has 1 aromatic rings. The van der Waals surface area contributed by atoms with Crippen molar-refractivity contribution in [3.05, 3.63) is 19.8 Å². The second-order valence-electron chi connectivity index (χ2n) is 5.87. The highest BCUT2D eigenvalue weighted by molar-refractivity contribution is 9.11. The second kappa shape index (κ2) is 8.77. The molecule has 1 nitrogen and oxygen atoms in total. The Bertz CT molecular complexity index is 380. The first-order valence-electron chi connectivity index (χ1n) is 7.88. The van der Waals surface area contributed by atoms with E-state index in [1.54, 1.807) is 11.3 Å². The lowest BCUT2D eigenvalue weighted by atomic mass is 9.92. The van der Waals surface area contributed by atoms with Crippen molar-refractivity contribution in [3.8, 4) is 0 Å². The molecule has 0 aliphatic heterocycles. The third-order valence-corrected chi connectivity index (χ3v) is 6.78. The fraction of sp³-hybridized carbons (Fsp3) is 0.750. The zero-order valence-corrected chi connectivity index (χ0v) is 15.4. The number of rotatable bonds is 6. The zero-order valence-electron chi connectivity index (χ0n) is 12.3. The van der Waals surface area contributed by atoms with Crippen LogP contribution in [0.4, 0.5) is 0 Å². The maximum absolute atomic E-state index is 6.21. The number of hydrogen-bond donors (Lipinski definition) is 1. The monoisotopic (exact) mass is 377 g/mol. The van der Waals surface area contributed by atoms with Gasteiger partial charge in [-0.15, -0.1) is 11.3 Å². The number of halogens is 2. The van der Waals surface area contributed by atoms with E-state index in [9.17, 15) is 0 Å². The SMILES string of the molecule is CCCNC(CC1CCCCCC1)c1cc(Cl)c(Br)s1. The van der Waals surface area contributed by atoms with Crippen molar-refractivity contribution in [1.29, 1.82) is 0 Å². The molecule has 1 N–H and O–H groups in total. The van der Waals surface area contributed by atoms with Crippen molar-refractivity contribution in [2.75, 3.05) is 6.54 Å². The van der Waals surface area contributed by atoms with Gasteiger partial charge < -0.3 is 5.32 Å². The van der Waals surface area contributed by atoms with Crippen LogP contribution in [0.3, 0.4) is 0 Å². The molecule has 1 aliphatic carbocycles. The maximum atomic E-state index is 6.21. The molecule has 1 aromatic heterocycles. The highest BCUT2D eigenvalue weighted by atomic mass is 79.9. The topological polar surface area (TPSA) is 12.0 Å². The molecule has 1 aliphatic rings. The summed E-state index contributed by atoms with van der Waals surface area (Å²) in [5.74, 6) is 0.881. The molecule has 1 unspecified atom stereocenters. The molecule has 0 bridgehead atoms. The van der Waals surface area contributed by atoms with Crippen LogP contribution in [-0.4, -0.2) is 6.54 Å². The van der Waals surface area contributed by atoms with Gasteiger partial charge in [-0.25, -0.2) is 0 Å². The van der Waals surface area contributed by atoms with Crippen LogP contribution in [-0.2, 0) is 0 Å². The summed E-state index contributed by atoms with van der Waals surface area (Å²) in [5.41, 5.74) is 0. The summed E-state index contributed by atoms with van der Waals surface area (Å²) in [5, 5.41) is 4.58. The van der Waals surface area contributed by atoms with Crippen molar-refractivity contribution < 1.29 is 0 Å². The molecule has 114 valence electrons. The molecule has 1 atom stereocenters. The quantitative estimate of drug-likeness (QED) is 0.552. The normalized spacial score (nSPS) is 18.9. The highest BCUT2D eigenvalue weighted by Gasteiger charge is 2.21. The molecule has 0 aromatic carbocycles. The van der Waals surface area contributed by atoms with Gasteiger partial charge in [0.05, 0.1) is 8.81 Å². The van der Waals surface area contributed by atoms with E-state index in [2.05, 4.69) is 34.2 Å². The first kappa shape index (κ1) is 16.8. The Morgan fingerprint density at radius 2 is 2.05 bits per heavy atom. The van der Waals surface area contributed by atoms with E-state index in [4.69, 9.17) is 11.6 Å². The van der Waals surface area contributed by atoms with Gasteiger partial charge in [-0.2, -0.15) is 0 Å². The Kier molecular flexibility index (Phi) is 7.37. The summed E-state index contributed by atoms with van der Waals surface area (Å²) in [6, 6.07) is 2.62. The van der Waals surface area contributed by atoms with Gasteiger partial charge in [0.1, 0.15) is 0 Å². The molecule has 0 saturated heterocycles. The minimum absolute atomic E-state index is 0.479. The maximum Gasteiger partial charge on any atom is 0.0887 e. The Morgan fingerprint density at radius 3 is 2.60 bits per heavy atom. The minimum atomic E-state index is 0.479. The van der Waals surface area contributed by atoms with Crippen molar-refractivity contribution in [2.45, 2.75) is 64.3 Å². The fourth-order valence-electron chi connectivity index (χ4n) is 3.09. The van der Waals surface area contributed by atoms with E-state index in [1.807, 2.05) is 0 Å². The van der Waals surface area contributed by atoms with Gasteiger partial charge >= 0.3 is 0 Å². The highest BCUT2D eigenvalue weighted by Crippen LogP contribution is 2.39. The van der Waals surface area contributed by atoms with Crippen LogP contribution in [0.25, 0.3) is 0 Å². The molecule has 1 heterocycles. The van der Waals surface area contributed by atoms with E-state index in [1.165, 1.54) is 56.2 Å². The molecular weight excluding hydrogens is 354 g/mol. The molecule has 0 radical (unpaired) electrons. The van der Waals surface area contributed by atoms with Crippen LogP contribution in [0, 0.1) is 5.92 Å². The van der Waals surface area contributed by atoms with Crippen molar-refractivity contribution >= 4 is 38.9 Å². The smallest absolute Gasteiger partial charge is 0.0887 e. The standard InChI is InChI=1S/C16H25BrClNS/c1-2-9-19-14(15-11-13(18)16(17)20-15)10-12-7-5-3-4-6-8-12/h11-12,14,19H,2-10H2,1H3. The molecule has 0 amide bonds. The molecule has 2 rings (SSSR count). The Balaban J connectivity index is 2.02. The van der Waals surface area contributed by atoms with Gasteiger partial charge in [0, 0.05) is 10.9 Å². The lowest BCUT2D eigenvalue weighted by Gasteiger charge is -2.23. The average Bonchev–Trinajstić information content (AvgIpc) is 2.66. The summed E-state index contributed by atoms with van der Waals surface area (Å²) in [4.78, 5) is 1.39. The third-order valence-electron chi connectivity index (χ3n) is 4.19. The second-order valence-corrected chi connectivity index (χ2v) is 8.68. The summed E-state index contributed by atoms with van der Waals surface area (Å²) in [6.45, 7) is 3.32. The first-order chi connectivity index (χ1) is 9.70. The molecule has 1 fully saturated rings. The van der Waals surface area contributed by atoms with Crippen LogP contribution in [0.1, 0.15) is 69.2 Å². The van der Waals surface area contributed by atoms with E-state index >= 15 is 0 Å². The average molecular weight is 379 g/mol. The van der Waals surface area contributed by atoms with Gasteiger partial charge in [0.2, 0.25) is 0 Å². The Hall–Kier alpha value is 0.430. The van der Waals surface area contributed by atoms with E-state index in [-0.39, 0.29) is 0 Å². The Morgan fingerprint density at radius 1 is 1.35 bits per heavy atom. The summed E-state index contributed by atoms with van der Waals surface area (Å²) >= 11 is 11.6. The van der Waals surface area contributed by atoms with Crippen molar-refractivity contribution in [3.63, 3.8) is 0 Å². The van der Waals surface area contributed by atoms with Crippen LogP contribution >= 0.6 is 38.9 Å². The van der Waals surface area contributed by atoms with Crippen LogP contribution in [0.15, 0.2) is 9.85 Å². The largest absolute Gasteiger partial charge is 0.309 e. The van der Waals surface area contributed by atoms with Crippen LogP contribution < -0.4 is 5.32 Å². The number of nitrogens with one attached hydrogen (secondary N) is 1. The predicted molar refractivity (Wildman–Crippen MR) is 93.9 cm³/mol. The van der Waals surface area contributed by atoms with Gasteiger partial charge in [-0.05, 0) is 47.3 Å². The molecular formula is C16H25BrClNS. The third kappa shape index (κ3) is 5.01. The minimum Gasteiger partial charge on any atom is -0.309 e. The molecule has 1 saturated carbocycles. The lowest BCUT2D eigenvalue weighted by molar-refractivity contribution is 0.359.